The summed E-state index contributed by atoms with van der Waals surface area (Å²) in [5, 5.41) is 6.38. The van der Waals surface area contributed by atoms with Crippen molar-refractivity contribution in [3.63, 3.8) is 0 Å². The molecule has 2 aromatic rings. The van der Waals surface area contributed by atoms with E-state index in [9.17, 15) is 9.59 Å². The third kappa shape index (κ3) is 5.46. The number of carbonyl (C=O) groups is 2. The second kappa shape index (κ2) is 10.3. The van der Waals surface area contributed by atoms with Crippen molar-refractivity contribution < 1.29 is 23.8 Å². The summed E-state index contributed by atoms with van der Waals surface area (Å²) < 4.78 is 16.5. The van der Waals surface area contributed by atoms with E-state index in [1.807, 2.05) is 24.3 Å². The number of nitrogens with one attached hydrogen (secondary N) is 2. The molecule has 0 saturated carbocycles. The van der Waals surface area contributed by atoms with Gasteiger partial charge in [0.1, 0.15) is 0 Å². The lowest BCUT2D eigenvalue weighted by Gasteiger charge is -2.14. The van der Waals surface area contributed by atoms with Gasteiger partial charge in [0, 0.05) is 15.6 Å². The van der Waals surface area contributed by atoms with Crippen molar-refractivity contribution in [1.82, 2.24) is 10.7 Å². The number of rotatable bonds is 8. The highest BCUT2D eigenvalue weighted by Gasteiger charge is 2.17. The van der Waals surface area contributed by atoms with Crippen LogP contribution in [0.3, 0.4) is 0 Å². The molecule has 8 nitrogen and oxygen atoms in total. The second-order valence-electron chi connectivity index (χ2n) is 5.41. The fraction of sp³-hybridized carbons (Fsp3) is 0.211. The molecule has 0 spiro atoms. The SMILES string of the molecule is COc1cc(C(=O)NCC(=O)NN=Cc2ccccc2Br)cc(OC)c1OC. The van der Waals surface area contributed by atoms with E-state index in [2.05, 4.69) is 31.8 Å². The minimum Gasteiger partial charge on any atom is -0.493 e. The molecule has 0 heterocycles. The Kier molecular flexibility index (Phi) is 7.82. The Morgan fingerprint density at radius 2 is 1.71 bits per heavy atom. The fourth-order valence-corrected chi connectivity index (χ4v) is 2.66. The number of ether oxygens (including phenoxy) is 3. The molecule has 0 saturated heterocycles. The third-order valence-electron chi connectivity index (χ3n) is 3.63. The first kappa shape index (κ1) is 21.2. The average Bonchev–Trinajstić information content (AvgIpc) is 2.72. The van der Waals surface area contributed by atoms with Crippen molar-refractivity contribution >= 4 is 34.0 Å². The molecule has 0 aliphatic heterocycles. The highest BCUT2D eigenvalue weighted by molar-refractivity contribution is 9.10. The lowest BCUT2D eigenvalue weighted by atomic mass is 10.1. The maximum absolute atomic E-state index is 12.3. The van der Waals surface area contributed by atoms with E-state index in [-0.39, 0.29) is 12.1 Å². The Balaban J connectivity index is 1.96. The van der Waals surface area contributed by atoms with Crippen LogP contribution in [0.2, 0.25) is 0 Å². The first-order chi connectivity index (χ1) is 13.5. The Labute approximate surface area is 171 Å². The maximum atomic E-state index is 12.3. The molecule has 0 fully saturated rings. The summed E-state index contributed by atoms with van der Waals surface area (Å²) in [7, 11) is 4.38. The van der Waals surface area contributed by atoms with Crippen molar-refractivity contribution in [2.75, 3.05) is 27.9 Å². The molecule has 2 rings (SSSR count). The molecular formula is C19H20BrN3O5. The number of hydrogen-bond donors (Lipinski definition) is 2. The van der Waals surface area contributed by atoms with Crippen molar-refractivity contribution in [3.05, 3.63) is 52.0 Å². The average molecular weight is 450 g/mol. The Morgan fingerprint density at radius 3 is 2.29 bits per heavy atom. The van der Waals surface area contributed by atoms with Gasteiger partial charge in [-0.2, -0.15) is 5.10 Å². The monoisotopic (exact) mass is 449 g/mol. The van der Waals surface area contributed by atoms with Crippen LogP contribution in [0, 0.1) is 0 Å². The molecule has 148 valence electrons. The van der Waals surface area contributed by atoms with E-state index in [1.165, 1.54) is 39.7 Å². The van der Waals surface area contributed by atoms with Crippen LogP contribution in [0.15, 0.2) is 46.0 Å². The zero-order chi connectivity index (χ0) is 20.5. The minimum absolute atomic E-state index is 0.247. The fourth-order valence-electron chi connectivity index (χ4n) is 2.27. The second-order valence-corrected chi connectivity index (χ2v) is 6.27. The standard InChI is InChI=1S/C19H20BrN3O5/c1-26-15-8-13(9-16(27-2)18(15)28-3)19(25)21-11-17(24)23-22-10-12-6-4-5-7-14(12)20/h4-10H,11H2,1-3H3,(H,21,25)(H,23,24). The van der Waals surface area contributed by atoms with Gasteiger partial charge in [0.2, 0.25) is 5.75 Å². The largest absolute Gasteiger partial charge is 0.493 e. The van der Waals surface area contributed by atoms with E-state index in [0.717, 1.165) is 10.0 Å². The number of hydrogen-bond acceptors (Lipinski definition) is 6. The number of methoxy groups -OCH3 is 3. The molecule has 9 heteroatoms. The van der Waals surface area contributed by atoms with Crippen LogP contribution >= 0.6 is 15.9 Å². The van der Waals surface area contributed by atoms with E-state index < -0.39 is 11.8 Å². The number of halogens is 1. The van der Waals surface area contributed by atoms with Gasteiger partial charge in [-0.3, -0.25) is 9.59 Å². The van der Waals surface area contributed by atoms with Crippen LogP contribution in [0.1, 0.15) is 15.9 Å². The van der Waals surface area contributed by atoms with E-state index >= 15 is 0 Å². The number of carbonyl (C=O) groups excluding carboxylic acids is 2. The number of nitrogens with zero attached hydrogens (tertiary/aromatic N) is 1. The Hall–Kier alpha value is -3.07. The molecule has 2 amide bonds. The van der Waals surface area contributed by atoms with E-state index in [0.29, 0.717) is 17.2 Å². The van der Waals surface area contributed by atoms with Gasteiger partial charge in [0.25, 0.3) is 11.8 Å². The van der Waals surface area contributed by atoms with E-state index in [4.69, 9.17) is 14.2 Å². The highest BCUT2D eigenvalue weighted by atomic mass is 79.9. The molecule has 0 aromatic heterocycles. The van der Waals surface area contributed by atoms with Gasteiger partial charge in [0.05, 0.1) is 34.1 Å². The van der Waals surface area contributed by atoms with Crippen LogP contribution in [-0.2, 0) is 4.79 Å². The predicted octanol–water partition coefficient (Wildman–Crippen LogP) is 2.35. The first-order valence-corrected chi connectivity index (χ1v) is 8.94. The quantitative estimate of drug-likeness (QED) is 0.476. The summed E-state index contributed by atoms with van der Waals surface area (Å²) in [4.78, 5) is 24.2. The Bertz CT molecular complexity index is 861. The number of hydrazone groups is 1. The summed E-state index contributed by atoms with van der Waals surface area (Å²) in [6.45, 7) is -0.247. The van der Waals surface area contributed by atoms with Crippen molar-refractivity contribution in [3.8, 4) is 17.2 Å². The first-order valence-electron chi connectivity index (χ1n) is 8.14. The van der Waals surface area contributed by atoms with Crippen LogP contribution in [-0.4, -0.2) is 45.9 Å². The van der Waals surface area contributed by atoms with Gasteiger partial charge in [-0.1, -0.05) is 34.1 Å². The zero-order valence-electron chi connectivity index (χ0n) is 15.6. The molecule has 0 bridgehead atoms. The van der Waals surface area contributed by atoms with Crippen molar-refractivity contribution in [2.45, 2.75) is 0 Å². The van der Waals surface area contributed by atoms with Gasteiger partial charge < -0.3 is 19.5 Å². The topological polar surface area (TPSA) is 98.2 Å². The molecule has 0 atom stereocenters. The van der Waals surface area contributed by atoms with Crippen LogP contribution in [0.5, 0.6) is 17.2 Å². The van der Waals surface area contributed by atoms with Crippen molar-refractivity contribution in [1.29, 1.82) is 0 Å². The normalized spacial score (nSPS) is 10.4. The predicted molar refractivity (Wildman–Crippen MR) is 108 cm³/mol. The zero-order valence-corrected chi connectivity index (χ0v) is 17.2. The molecule has 0 unspecified atom stereocenters. The molecule has 28 heavy (non-hydrogen) atoms. The van der Waals surface area contributed by atoms with E-state index in [1.54, 1.807) is 0 Å². The van der Waals surface area contributed by atoms with Crippen LogP contribution in [0.4, 0.5) is 0 Å². The van der Waals surface area contributed by atoms with Gasteiger partial charge in [-0.15, -0.1) is 0 Å². The molecular weight excluding hydrogens is 430 g/mol. The summed E-state index contributed by atoms with van der Waals surface area (Å²) in [6, 6.07) is 10.4. The molecule has 0 aliphatic rings. The molecule has 2 aromatic carbocycles. The summed E-state index contributed by atoms with van der Waals surface area (Å²) >= 11 is 3.38. The molecule has 0 radical (unpaired) electrons. The third-order valence-corrected chi connectivity index (χ3v) is 4.36. The molecule has 0 aliphatic carbocycles. The molecule has 2 N–H and O–H groups in total. The van der Waals surface area contributed by atoms with Crippen LogP contribution < -0.4 is 25.0 Å². The van der Waals surface area contributed by atoms with Gasteiger partial charge in [-0.25, -0.2) is 5.43 Å². The van der Waals surface area contributed by atoms with Gasteiger partial charge >= 0.3 is 0 Å². The highest BCUT2D eigenvalue weighted by Crippen LogP contribution is 2.38. The minimum atomic E-state index is -0.468. The van der Waals surface area contributed by atoms with Crippen molar-refractivity contribution in [2.24, 2.45) is 5.10 Å². The smallest absolute Gasteiger partial charge is 0.259 e. The number of amides is 2. The lowest BCUT2D eigenvalue weighted by Crippen LogP contribution is -2.35. The summed E-state index contributed by atoms with van der Waals surface area (Å²) in [5.41, 5.74) is 3.43. The Morgan fingerprint density at radius 1 is 1.07 bits per heavy atom. The number of benzene rings is 2. The lowest BCUT2D eigenvalue weighted by molar-refractivity contribution is -0.120. The summed E-state index contributed by atoms with van der Waals surface area (Å²) in [5.74, 6) is 0.123. The maximum Gasteiger partial charge on any atom is 0.259 e. The van der Waals surface area contributed by atoms with Crippen LogP contribution in [0.25, 0.3) is 0 Å². The van der Waals surface area contributed by atoms with Gasteiger partial charge in [-0.05, 0) is 18.2 Å². The van der Waals surface area contributed by atoms with Gasteiger partial charge in [0.15, 0.2) is 11.5 Å². The summed E-state index contributed by atoms with van der Waals surface area (Å²) in [6.07, 6.45) is 1.50.